The van der Waals surface area contributed by atoms with Crippen LogP contribution < -0.4 is 15.1 Å². The average Bonchev–Trinajstić information content (AvgIpc) is 3.17. The zero-order valence-corrected chi connectivity index (χ0v) is 23.1. The molecule has 2 fully saturated rings. The molecule has 0 aliphatic carbocycles. The molecule has 3 amide bonds. The van der Waals surface area contributed by atoms with E-state index < -0.39 is 30.0 Å². The van der Waals surface area contributed by atoms with Gasteiger partial charge in [-0.2, -0.15) is 0 Å². The van der Waals surface area contributed by atoms with Crippen LogP contribution in [0.2, 0.25) is 0 Å². The fourth-order valence-corrected chi connectivity index (χ4v) is 4.26. The van der Waals surface area contributed by atoms with Gasteiger partial charge in [0.2, 0.25) is 12.3 Å². The Hall–Kier alpha value is -3.18. The Morgan fingerprint density at radius 2 is 1.76 bits per heavy atom. The summed E-state index contributed by atoms with van der Waals surface area (Å²) >= 11 is 0. The quantitative estimate of drug-likeness (QED) is 0.554. The topological polar surface area (TPSA) is 91.4 Å². The molecule has 1 aromatic carbocycles. The van der Waals surface area contributed by atoms with Crippen LogP contribution in [0, 0.1) is 5.82 Å². The number of anilines is 2. The Labute approximate surface area is 222 Å². The van der Waals surface area contributed by atoms with Gasteiger partial charge in [-0.25, -0.2) is 22.8 Å². The van der Waals surface area contributed by atoms with Crippen LogP contribution >= 0.6 is 0 Å². The molecule has 2 aliphatic heterocycles. The van der Waals surface area contributed by atoms with Crippen molar-refractivity contribution in [3.63, 3.8) is 0 Å². The van der Waals surface area contributed by atoms with Crippen molar-refractivity contribution in [2.45, 2.75) is 85.1 Å². The summed E-state index contributed by atoms with van der Waals surface area (Å²) in [6, 6.07) is 4.29. The van der Waals surface area contributed by atoms with E-state index >= 15 is 4.39 Å². The molecule has 9 nitrogen and oxygen atoms in total. The van der Waals surface area contributed by atoms with Crippen molar-refractivity contribution in [2.75, 3.05) is 36.0 Å². The third-order valence-electron chi connectivity index (χ3n) is 6.38. The molecule has 2 saturated heterocycles. The van der Waals surface area contributed by atoms with Gasteiger partial charge in [0, 0.05) is 20.0 Å². The van der Waals surface area contributed by atoms with Crippen LogP contribution in [0.5, 0.6) is 0 Å². The largest absolute Gasteiger partial charge is 0.443 e. The second-order valence-corrected chi connectivity index (χ2v) is 10.2. The monoisotopic (exact) mass is 544 g/mol. The molecule has 12 heteroatoms. The molecule has 0 saturated carbocycles. The van der Waals surface area contributed by atoms with Crippen molar-refractivity contribution >= 4 is 29.5 Å². The van der Waals surface area contributed by atoms with Crippen LogP contribution in [0.25, 0.3) is 0 Å². The van der Waals surface area contributed by atoms with E-state index in [1.165, 1.54) is 17.9 Å². The third-order valence-corrected chi connectivity index (χ3v) is 6.38. The molecule has 214 valence electrons. The molecule has 3 unspecified atom stereocenters. The Morgan fingerprint density at radius 1 is 1.18 bits per heavy atom. The number of nitrogens with zero attached hydrogens (tertiary/aromatic N) is 3. The number of halogens is 3. The smallest absolute Gasteiger partial charge is 0.414 e. The number of carbonyl (C=O) groups excluding carboxylic acids is 3. The number of carbonyl (C=O) groups is 3. The standard InChI is InChI=1S/C24H35FN4O5.C2H4F2/c1-7-24(5,6)34-23(32)29-15(2)12-27(13-16(29)3)21-9-8-18(10-20(21)25)28-14-19(33-22(28)31)11-26-17(4)30;1-2(3)4/h8-10,15-16,19H,7,11-14H2,1-6H3,(H,26,30);2H,1H3. The first-order chi connectivity index (χ1) is 17.6. The molecule has 38 heavy (non-hydrogen) atoms. The Bertz CT molecular complexity index is 979. The van der Waals surface area contributed by atoms with E-state index in [0.717, 1.165) is 6.92 Å². The second kappa shape index (κ2) is 13.1. The van der Waals surface area contributed by atoms with Gasteiger partial charge in [-0.3, -0.25) is 14.6 Å². The highest BCUT2D eigenvalue weighted by atomic mass is 19.3. The van der Waals surface area contributed by atoms with Gasteiger partial charge >= 0.3 is 12.2 Å². The van der Waals surface area contributed by atoms with E-state index in [4.69, 9.17) is 9.47 Å². The first-order valence-corrected chi connectivity index (χ1v) is 12.7. The molecule has 0 spiro atoms. The van der Waals surface area contributed by atoms with Crippen LogP contribution in [0.4, 0.5) is 34.1 Å². The van der Waals surface area contributed by atoms with E-state index in [0.29, 0.717) is 30.9 Å². The van der Waals surface area contributed by atoms with E-state index in [2.05, 4.69) is 5.32 Å². The van der Waals surface area contributed by atoms with Gasteiger partial charge in [-0.05, 0) is 59.2 Å². The van der Waals surface area contributed by atoms with Gasteiger partial charge in [0.1, 0.15) is 17.5 Å². The number of alkyl halides is 2. The lowest BCUT2D eigenvalue weighted by Crippen LogP contribution is -2.59. The lowest BCUT2D eigenvalue weighted by molar-refractivity contribution is -0.119. The zero-order valence-electron chi connectivity index (χ0n) is 23.1. The van der Waals surface area contributed by atoms with E-state index in [-0.39, 0.29) is 37.2 Å². The third kappa shape index (κ3) is 8.42. The van der Waals surface area contributed by atoms with Crippen LogP contribution in [-0.4, -0.2) is 79.4 Å². The van der Waals surface area contributed by atoms with Crippen molar-refractivity contribution in [3.05, 3.63) is 24.0 Å². The van der Waals surface area contributed by atoms with Gasteiger partial charge in [0.05, 0.1) is 36.5 Å². The number of hydrogen-bond donors (Lipinski definition) is 1. The summed E-state index contributed by atoms with van der Waals surface area (Å²) in [5, 5.41) is 2.62. The van der Waals surface area contributed by atoms with Crippen LogP contribution in [0.1, 0.15) is 54.9 Å². The molecule has 1 N–H and O–H groups in total. The number of piperazine rings is 1. The molecule has 0 bridgehead atoms. The summed E-state index contributed by atoms with van der Waals surface area (Å²) in [6.07, 6.45) is -2.89. The first-order valence-electron chi connectivity index (χ1n) is 12.7. The fourth-order valence-electron chi connectivity index (χ4n) is 4.26. The molecule has 2 aliphatic rings. The van der Waals surface area contributed by atoms with Gasteiger partial charge < -0.3 is 19.7 Å². The highest BCUT2D eigenvalue weighted by molar-refractivity contribution is 5.90. The average molecular weight is 545 g/mol. The minimum absolute atomic E-state index is 0.175. The minimum atomic E-state index is -2.17. The van der Waals surface area contributed by atoms with Crippen LogP contribution in [0.15, 0.2) is 18.2 Å². The molecule has 0 radical (unpaired) electrons. The summed E-state index contributed by atoms with van der Waals surface area (Å²) in [5.74, 6) is -0.672. The Morgan fingerprint density at radius 3 is 2.26 bits per heavy atom. The number of amides is 3. The summed E-state index contributed by atoms with van der Waals surface area (Å²) in [4.78, 5) is 41.1. The van der Waals surface area contributed by atoms with Gasteiger partial charge in [-0.1, -0.05) is 6.92 Å². The van der Waals surface area contributed by atoms with Crippen molar-refractivity contribution in [3.8, 4) is 0 Å². The van der Waals surface area contributed by atoms with Crippen molar-refractivity contribution in [2.24, 2.45) is 0 Å². The van der Waals surface area contributed by atoms with Crippen LogP contribution in [0.3, 0.4) is 0 Å². The van der Waals surface area contributed by atoms with Crippen molar-refractivity contribution in [1.82, 2.24) is 10.2 Å². The van der Waals surface area contributed by atoms with E-state index in [9.17, 15) is 23.2 Å². The number of hydrogen-bond acceptors (Lipinski definition) is 6. The molecular formula is C26H39F3N4O5. The number of cyclic esters (lactones) is 1. The number of ether oxygens (including phenoxy) is 2. The lowest BCUT2D eigenvalue weighted by Gasteiger charge is -2.45. The molecule has 1 aromatic rings. The van der Waals surface area contributed by atoms with E-state index in [1.54, 1.807) is 17.0 Å². The molecule has 0 aromatic heterocycles. The maximum atomic E-state index is 15.2. The van der Waals surface area contributed by atoms with Gasteiger partial charge in [-0.15, -0.1) is 0 Å². The fraction of sp³-hybridized carbons (Fsp3) is 0.654. The Balaban J connectivity index is 0.00000118. The highest BCUT2D eigenvalue weighted by Crippen LogP contribution is 2.31. The molecule has 3 rings (SSSR count). The zero-order chi connectivity index (χ0) is 28.8. The summed E-state index contributed by atoms with van der Waals surface area (Å²) in [5.41, 5.74) is 0.251. The van der Waals surface area contributed by atoms with Crippen molar-refractivity contribution < 1.29 is 37.0 Å². The van der Waals surface area contributed by atoms with Gasteiger partial charge in [0.15, 0.2) is 0 Å². The number of rotatable bonds is 6. The molecular weight excluding hydrogens is 505 g/mol. The van der Waals surface area contributed by atoms with E-state index in [1.807, 2.05) is 39.5 Å². The number of nitrogens with one attached hydrogen (secondary N) is 1. The van der Waals surface area contributed by atoms with Crippen molar-refractivity contribution in [1.29, 1.82) is 0 Å². The predicted octanol–water partition coefficient (Wildman–Crippen LogP) is 4.78. The summed E-state index contributed by atoms with van der Waals surface area (Å²) in [6.45, 7) is 13.1. The molecule has 3 atom stereocenters. The predicted molar refractivity (Wildman–Crippen MR) is 138 cm³/mol. The first kappa shape index (κ1) is 31.0. The lowest BCUT2D eigenvalue weighted by atomic mass is 10.1. The van der Waals surface area contributed by atoms with Gasteiger partial charge in [0.25, 0.3) is 0 Å². The summed E-state index contributed by atoms with van der Waals surface area (Å²) < 4.78 is 46.8. The maximum Gasteiger partial charge on any atom is 0.414 e. The maximum absolute atomic E-state index is 15.2. The molecule has 2 heterocycles. The minimum Gasteiger partial charge on any atom is -0.443 e. The number of benzene rings is 1. The van der Waals surface area contributed by atoms with Crippen LogP contribution in [-0.2, 0) is 14.3 Å². The summed E-state index contributed by atoms with van der Waals surface area (Å²) in [7, 11) is 0. The SMILES string of the molecule is CC(F)F.CCC(C)(C)OC(=O)N1C(C)CN(c2ccc(N3CC(CNC(C)=O)OC3=O)cc2F)CC1C. The highest BCUT2D eigenvalue weighted by Gasteiger charge is 2.37. The second-order valence-electron chi connectivity index (χ2n) is 10.2. The normalized spacial score (nSPS) is 21.6. The Kier molecular flexibility index (Phi) is 10.7.